The molecule has 3 rings (SSSR count). The van der Waals surface area contributed by atoms with Crippen LogP contribution in [0, 0.1) is 5.92 Å². The molecule has 1 aliphatic rings. The van der Waals surface area contributed by atoms with E-state index in [2.05, 4.69) is 72.8 Å². The molecule has 0 saturated carbocycles. The lowest BCUT2D eigenvalue weighted by molar-refractivity contribution is 0.579. The summed E-state index contributed by atoms with van der Waals surface area (Å²) in [4.78, 5) is 2.97. The average Bonchev–Trinajstić information content (AvgIpc) is 3.03. The molecule has 0 saturated heterocycles. The monoisotopic (exact) mass is 292 g/mol. The van der Waals surface area contributed by atoms with Crippen LogP contribution in [-0.2, 0) is 4.75 Å². The van der Waals surface area contributed by atoms with Gasteiger partial charge in [0.05, 0.1) is 4.75 Å². The molecule has 3 heteroatoms. The van der Waals surface area contributed by atoms with Crippen LogP contribution in [0.3, 0.4) is 0 Å². The molecule has 0 aromatic carbocycles. The first-order valence-electron chi connectivity index (χ1n) is 6.17. The van der Waals surface area contributed by atoms with E-state index in [0.717, 1.165) is 0 Å². The van der Waals surface area contributed by atoms with Crippen molar-refractivity contribution in [2.45, 2.75) is 23.8 Å². The topological polar surface area (TPSA) is 0 Å². The lowest BCUT2D eigenvalue weighted by Gasteiger charge is -2.40. The van der Waals surface area contributed by atoms with Crippen LogP contribution in [0.15, 0.2) is 47.2 Å². The van der Waals surface area contributed by atoms with Gasteiger partial charge in [0.25, 0.3) is 0 Å². The van der Waals surface area contributed by atoms with Crippen molar-refractivity contribution < 1.29 is 0 Å². The molecule has 0 aliphatic carbocycles. The highest BCUT2D eigenvalue weighted by Crippen LogP contribution is 2.55. The van der Waals surface area contributed by atoms with Crippen LogP contribution in [0.4, 0.5) is 0 Å². The summed E-state index contributed by atoms with van der Waals surface area (Å²) >= 11 is 5.86. The highest BCUT2D eigenvalue weighted by atomic mass is 32.2. The molecule has 3 heterocycles. The van der Waals surface area contributed by atoms with Crippen molar-refractivity contribution in [1.82, 2.24) is 0 Å². The summed E-state index contributed by atoms with van der Waals surface area (Å²) in [6.07, 6.45) is 4.73. The van der Waals surface area contributed by atoms with Gasteiger partial charge in [-0.15, -0.1) is 34.4 Å². The van der Waals surface area contributed by atoms with Crippen LogP contribution in [0.25, 0.3) is 0 Å². The third kappa shape index (κ3) is 1.89. The van der Waals surface area contributed by atoms with Crippen LogP contribution >= 0.6 is 34.4 Å². The summed E-state index contributed by atoms with van der Waals surface area (Å²) in [6, 6.07) is 8.93. The van der Waals surface area contributed by atoms with E-state index in [1.54, 1.807) is 0 Å². The molecule has 0 N–H and O–H groups in total. The second-order valence-electron chi connectivity index (χ2n) is 4.69. The zero-order valence-corrected chi connectivity index (χ0v) is 12.9. The Bertz CT molecular complexity index is 488. The second-order valence-corrected chi connectivity index (χ2v) is 8.21. The molecule has 18 heavy (non-hydrogen) atoms. The van der Waals surface area contributed by atoms with Gasteiger partial charge in [0.15, 0.2) is 0 Å². The van der Waals surface area contributed by atoms with E-state index in [1.807, 2.05) is 22.7 Å². The van der Waals surface area contributed by atoms with Gasteiger partial charge in [-0.1, -0.05) is 31.2 Å². The molecule has 0 spiro atoms. The van der Waals surface area contributed by atoms with Gasteiger partial charge in [0.2, 0.25) is 0 Å². The van der Waals surface area contributed by atoms with Crippen molar-refractivity contribution in [3.63, 3.8) is 0 Å². The molecule has 2 aromatic rings. The number of thiophene rings is 2. The first-order valence-corrected chi connectivity index (χ1v) is 8.81. The predicted molar refractivity (Wildman–Crippen MR) is 84.8 cm³/mol. The van der Waals surface area contributed by atoms with Gasteiger partial charge < -0.3 is 0 Å². The molecular weight excluding hydrogens is 276 g/mol. The number of hydrogen-bond acceptors (Lipinski definition) is 3. The van der Waals surface area contributed by atoms with Crippen LogP contribution in [0.5, 0.6) is 0 Å². The van der Waals surface area contributed by atoms with Gasteiger partial charge in [-0.2, -0.15) is 0 Å². The largest absolute Gasteiger partial charge is 0.147 e. The van der Waals surface area contributed by atoms with Crippen molar-refractivity contribution in [3.05, 3.63) is 56.9 Å². The predicted octanol–water partition coefficient (Wildman–Crippen LogP) is 5.38. The molecule has 94 valence electrons. The number of rotatable bonds is 2. The summed E-state index contributed by atoms with van der Waals surface area (Å²) in [5.74, 6) is 0.538. The van der Waals surface area contributed by atoms with Gasteiger partial charge in [0, 0.05) is 15.0 Å². The number of allylic oxidation sites excluding steroid dienone is 1. The van der Waals surface area contributed by atoms with Gasteiger partial charge in [0.1, 0.15) is 0 Å². The Morgan fingerprint density at radius 2 is 1.56 bits per heavy atom. The smallest absolute Gasteiger partial charge is 0.0906 e. The molecule has 0 fully saturated rings. The van der Waals surface area contributed by atoms with Gasteiger partial charge >= 0.3 is 0 Å². The van der Waals surface area contributed by atoms with E-state index >= 15 is 0 Å². The van der Waals surface area contributed by atoms with Crippen LogP contribution in [0.2, 0.25) is 0 Å². The molecule has 0 nitrogen and oxygen atoms in total. The highest BCUT2D eigenvalue weighted by Gasteiger charge is 2.43. The zero-order chi connectivity index (χ0) is 12.6. The first-order chi connectivity index (χ1) is 8.73. The quantitative estimate of drug-likeness (QED) is 0.670. The first kappa shape index (κ1) is 12.5. The Kier molecular flexibility index (Phi) is 3.39. The maximum atomic E-state index is 2.39. The van der Waals surface area contributed by atoms with E-state index in [4.69, 9.17) is 0 Å². The summed E-state index contributed by atoms with van der Waals surface area (Å²) in [5, 5.41) is 4.97. The normalized spacial score (nSPS) is 26.3. The SMILES string of the molecule is C[C@@H]1C=C[C@H](C)C(c2cccs2)(c2cccs2)S1. The maximum absolute atomic E-state index is 2.39. The Balaban J connectivity index is 2.18. The van der Waals surface area contributed by atoms with Crippen LogP contribution in [-0.4, -0.2) is 5.25 Å². The fourth-order valence-corrected chi connectivity index (χ4v) is 6.49. The lowest BCUT2D eigenvalue weighted by atomic mass is 9.88. The minimum absolute atomic E-state index is 0.122. The van der Waals surface area contributed by atoms with Crippen molar-refractivity contribution in [2.75, 3.05) is 0 Å². The minimum atomic E-state index is 0.122. The molecule has 2 atom stereocenters. The van der Waals surface area contributed by atoms with Crippen molar-refractivity contribution in [2.24, 2.45) is 5.92 Å². The number of hydrogen-bond donors (Lipinski definition) is 0. The Morgan fingerprint density at radius 1 is 0.944 bits per heavy atom. The molecule has 0 unspecified atom stereocenters. The summed E-state index contributed by atoms with van der Waals surface area (Å²) in [6.45, 7) is 4.64. The average molecular weight is 292 g/mol. The van der Waals surface area contributed by atoms with Crippen molar-refractivity contribution >= 4 is 34.4 Å². The van der Waals surface area contributed by atoms with E-state index in [9.17, 15) is 0 Å². The Labute approximate surface area is 121 Å². The van der Waals surface area contributed by atoms with E-state index in [1.165, 1.54) is 9.75 Å². The third-order valence-electron chi connectivity index (χ3n) is 3.46. The summed E-state index contributed by atoms with van der Waals surface area (Å²) in [5.41, 5.74) is 0. The van der Waals surface area contributed by atoms with Crippen molar-refractivity contribution in [3.8, 4) is 0 Å². The standard InChI is InChI=1S/C15H16S3/c1-11-7-8-12(2)18-15(11,13-5-3-9-16-13)14-6-4-10-17-14/h3-12H,1-2H3/t11-,12+/m0/s1. The summed E-state index contributed by atoms with van der Waals surface area (Å²) in [7, 11) is 0. The zero-order valence-electron chi connectivity index (χ0n) is 10.5. The van der Waals surface area contributed by atoms with Crippen molar-refractivity contribution in [1.29, 1.82) is 0 Å². The summed E-state index contributed by atoms with van der Waals surface area (Å²) < 4.78 is 0.122. The molecule has 1 aliphatic heterocycles. The minimum Gasteiger partial charge on any atom is -0.147 e. The Hall–Kier alpha value is -0.510. The van der Waals surface area contributed by atoms with Gasteiger partial charge in [-0.25, -0.2) is 0 Å². The fraction of sp³-hybridized carbons (Fsp3) is 0.333. The van der Waals surface area contributed by atoms with Gasteiger partial charge in [-0.3, -0.25) is 0 Å². The highest BCUT2D eigenvalue weighted by molar-refractivity contribution is 8.01. The molecular formula is C15H16S3. The Morgan fingerprint density at radius 3 is 2.06 bits per heavy atom. The van der Waals surface area contributed by atoms with E-state index < -0.39 is 0 Å². The van der Waals surface area contributed by atoms with Gasteiger partial charge in [-0.05, 0) is 35.7 Å². The fourth-order valence-electron chi connectivity index (χ4n) is 2.56. The van der Waals surface area contributed by atoms with Crippen LogP contribution in [0.1, 0.15) is 23.6 Å². The van der Waals surface area contributed by atoms with E-state index in [0.29, 0.717) is 11.2 Å². The molecule has 0 radical (unpaired) electrons. The van der Waals surface area contributed by atoms with Crippen LogP contribution < -0.4 is 0 Å². The molecule has 0 bridgehead atoms. The third-order valence-corrected chi connectivity index (χ3v) is 7.44. The molecule has 0 amide bonds. The number of thioether (sulfide) groups is 1. The lowest BCUT2D eigenvalue weighted by Crippen LogP contribution is -2.33. The second kappa shape index (κ2) is 4.87. The maximum Gasteiger partial charge on any atom is 0.0906 e. The van der Waals surface area contributed by atoms with E-state index in [-0.39, 0.29) is 4.75 Å². The molecule has 2 aromatic heterocycles.